The fourth-order valence-electron chi connectivity index (χ4n) is 2.95. The Morgan fingerprint density at radius 1 is 1.42 bits per heavy atom. The summed E-state index contributed by atoms with van der Waals surface area (Å²) in [5, 5.41) is 3.66. The normalized spacial score (nSPS) is 18.6. The van der Waals surface area contributed by atoms with Crippen LogP contribution in [-0.4, -0.2) is 33.6 Å². The summed E-state index contributed by atoms with van der Waals surface area (Å²) in [4.78, 5) is 4.52. The average Bonchev–Trinajstić information content (AvgIpc) is 2.87. The lowest BCUT2D eigenvalue weighted by atomic mass is 9.92. The van der Waals surface area contributed by atoms with E-state index in [1.807, 2.05) is 6.20 Å². The zero-order chi connectivity index (χ0) is 13.5. The van der Waals surface area contributed by atoms with Crippen molar-refractivity contribution in [3.05, 3.63) is 18.2 Å². The third-order valence-corrected chi connectivity index (χ3v) is 5.07. The highest BCUT2D eigenvalue weighted by molar-refractivity contribution is 7.99. The standard InChI is InChI=1S/C15H27N3S/c1-3-16-14(11-13-5-9-19-10-6-13)12-15-17-7-8-18(15)4-2/h7-8,13-14,16H,3-6,9-12H2,1-2H3. The molecule has 0 amide bonds. The van der Waals surface area contributed by atoms with Gasteiger partial charge < -0.3 is 9.88 Å². The van der Waals surface area contributed by atoms with Crippen molar-refractivity contribution >= 4 is 11.8 Å². The van der Waals surface area contributed by atoms with Crippen LogP contribution in [-0.2, 0) is 13.0 Å². The lowest BCUT2D eigenvalue weighted by molar-refractivity contribution is 0.360. The van der Waals surface area contributed by atoms with Crippen molar-refractivity contribution in [2.24, 2.45) is 5.92 Å². The largest absolute Gasteiger partial charge is 0.335 e. The first kappa shape index (κ1) is 14.9. The second kappa shape index (κ2) is 7.95. The van der Waals surface area contributed by atoms with Crippen LogP contribution >= 0.6 is 11.8 Å². The molecule has 4 heteroatoms. The summed E-state index contributed by atoms with van der Waals surface area (Å²) in [7, 11) is 0. The summed E-state index contributed by atoms with van der Waals surface area (Å²) in [6.07, 6.45) is 9.20. The van der Waals surface area contributed by atoms with Gasteiger partial charge in [-0.25, -0.2) is 4.98 Å². The fourth-order valence-corrected chi connectivity index (χ4v) is 4.15. The maximum atomic E-state index is 4.52. The number of hydrogen-bond donors (Lipinski definition) is 1. The van der Waals surface area contributed by atoms with Gasteiger partial charge in [0.25, 0.3) is 0 Å². The molecule has 108 valence electrons. The molecule has 2 rings (SSSR count). The molecule has 0 saturated carbocycles. The van der Waals surface area contributed by atoms with Crippen molar-refractivity contribution < 1.29 is 0 Å². The Morgan fingerprint density at radius 3 is 2.89 bits per heavy atom. The Labute approximate surface area is 121 Å². The van der Waals surface area contributed by atoms with E-state index in [-0.39, 0.29) is 0 Å². The van der Waals surface area contributed by atoms with Gasteiger partial charge >= 0.3 is 0 Å². The van der Waals surface area contributed by atoms with Crippen LogP contribution in [0.3, 0.4) is 0 Å². The molecule has 19 heavy (non-hydrogen) atoms. The van der Waals surface area contributed by atoms with E-state index in [0.29, 0.717) is 6.04 Å². The minimum atomic E-state index is 0.589. The van der Waals surface area contributed by atoms with Gasteiger partial charge in [0, 0.05) is 31.4 Å². The molecule has 2 heterocycles. The quantitative estimate of drug-likeness (QED) is 0.833. The minimum absolute atomic E-state index is 0.589. The summed E-state index contributed by atoms with van der Waals surface area (Å²) < 4.78 is 2.26. The summed E-state index contributed by atoms with van der Waals surface area (Å²) >= 11 is 2.11. The number of rotatable bonds is 7. The number of hydrogen-bond acceptors (Lipinski definition) is 3. The molecule has 1 fully saturated rings. The maximum Gasteiger partial charge on any atom is 0.110 e. The second-order valence-corrected chi connectivity index (χ2v) is 6.60. The summed E-state index contributed by atoms with van der Waals surface area (Å²) in [6.45, 7) is 6.47. The Balaban J connectivity index is 1.91. The summed E-state index contributed by atoms with van der Waals surface area (Å²) in [5.41, 5.74) is 0. The molecule has 1 atom stereocenters. The van der Waals surface area contributed by atoms with Gasteiger partial charge in [-0.1, -0.05) is 6.92 Å². The molecular formula is C15H27N3S. The predicted octanol–water partition coefficient (Wildman–Crippen LogP) is 2.96. The van der Waals surface area contributed by atoms with E-state index in [4.69, 9.17) is 0 Å². The predicted molar refractivity (Wildman–Crippen MR) is 83.7 cm³/mol. The lowest BCUT2D eigenvalue weighted by Crippen LogP contribution is -2.34. The molecule has 1 saturated heterocycles. The SMILES string of the molecule is CCNC(Cc1nccn1CC)CC1CCSCC1. The molecule has 0 aromatic carbocycles. The Bertz CT molecular complexity index is 358. The first-order chi connectivity index (χ1) is 9.33. The van der Waals surface area contributed by atoms with Crippen LogP contribution in [0.2, 0.25) is 0 Å². The van der Waals surface area contributed by atoms with E-state index >= 15 is 0 Å². The van der Waals surface area contributed by atoms with Gasteiger partial charge in [-0.05, 0) is 50.2 Å². The van der Waals surface area contributed by atoms with Crippen LogP contribution in [0.4, 0.5) is 0 Å². The highest BCUT2D eigenvalue weighted by Crippen LogP contribution is 2.27. The van der Waals surface area contributed by atoms with E-state index in [9.17, 15) is 0 Å². The third kappa shape index (κ3) is 4.53. The zero-order valence-corrected chi connectivity index (χ0v) is 13.1. The average molecular weight is 281 g/mol. The van der Waals surface area contributed by atoms with Crippen LogP contribution in [0.25, 0.3) is 0 Å². The number of aryl methyl sites for hydroxylation is 1. The van der Waals surface area contributed by atoms with E-state index < -0.39 is 0 Å². The fraction of sp³-hybridized carbons (Fsp3) is 0.800. The molecule has 0 aliphatic carbocycles. The van der Waals surface area contributed by atoms with Crippen LogP contribution in [0.1, 0.15) is 38.9 Å². The van der Waals surface area contributed by atoms with Crippen LogP contribution in [0.15, 0.2) is 12.4 Å². The van der Waals surface area contributed by atoms with E-state index in [2.05, 4.69) is 46.7 Å². The monoisotopic (exact) mass is 281 g/mol. The molecule has 1 aliphatic rings. The first-order valence-corrected chi connectivity index (χ1v) is 8.80. The summed E-state index contributed by atoms with van der Waals surface area (Å²) in [5.74, 6) is 4.86. The van der Waals surface area contributed by atoms with Crippen LogP contribution in [0.5, 0.6) is 0 Å². The van der Waals surface area contributed by atoms with Crippen molar-refractivity contribution in [3.8, 4) is 0 Å². The number of nitrogens with zero attached hydrogens (tertiary/aromatic N) is 2. The van der Waals surface area contributed by atoms with Crippen molar-refractivity contribution in [1.29, 1.82) is 0 Å². The number of imidazole rings is 1. The first-order valence-electron chi connectivity index (χ1n) is 7.64. The second-order valence-electron chi connectivity index (χ2n) is 5.38. The molecule has 0 bridgehead atoms. The molecule has 1 aromatic heterocycles. The topological polar surface area (TPSA) is 29.9 Å². The van der Waals surface area contributed by atoms with Crippen LogP contribution in [0, 0.1) is 5.92 Å². The Kier molecular flexibility index (Phi) is 6.24. The van der Waals surface area contributed by atoms with Gasteiger partial charge in [-0.3, -0.25) is 0 Å². The third-order valence-electron chi connectivity index (χ3n) is 4.02. The van der Waals surface area contributed by atoms with E-state index in [1.165, 1.54) is 36.6 Å². The number of nitrogens with one attached hydrogen (secondary N) is 1. The van der Waals surface area contributed by atoms with Gasteiger partial charge in [0.2, 0.25) is 0 Å². The van der Waals surface area contributed by atoms with Crippen LogP contribution < -0.4 is 5.32 Å². The highest BCUT2D eigenvalue weighted by Gasteiger charge is 2.20. The van der Waals surface area contributed by atoms with Crippen molar-refractivity contribution in [3.63, 3.8) is 0 Å². The molecule has 1 aliphatic heterocycles. The molecule has 1 unspecified atom stereocenters. The van der Waals surface area contributed by atoms with Gasteiger partial charge in [-0.2, -0.15) is 11.8 Å². The molecule has 0 spiro atoms. The smallest absolute Gasteiger partial charge is 0.110 e. The number of likely N-dealkylation sites (N-methyl/N-ethyl adjacent to an activating group) is 1. The minimum Gasteiger partial charge on any atom is -0.335 e. The molecular weight excluding hydrogens is 254 g/mol. The van der Waals surface area contributed by atoms with Gasteiger partial charge in [0.05, 0.1) is 0 Å². The number of aromatic nitrogens is 2. The van der Waals surface area contributed by atoms with Crippen molar-refractivity contribution in [2.75, 3.05) is 18.1 Å². The molecule has 0 radical (unpaired) electrons. The number of thioether (sulfide) groups is 1. The summed E-state index contributed by atoms with van der Waals surface area (Å²) in [6, 6.07) is 0.589. The highest BCUT2D eigenvalue weighted by atomic mass is 32.2. The van der Waals surface area contributed by atoms with Crippen molar-refractivity contribution in [1.82, 2.24) is 14.9 Å². The molecule has 1 aromatic rings. The Morgan fingerprint density at radius 2 is 2.21 bits per heavy atom. The molecule has 3 nitrogen and oxygen atoms in total. The van der Waals surface area contributed by atoms with Gasteiger partial charge in [0.1, 0.15) is 5.82 Å². The lowest BCUT2D eigenvalue weighted by Gasteiger charge is -2.27. The van der Waals surface area contributed by atoms with Crippen molar-refractivity contribution in [2.45, 2.75) is 52.1 Å². The van der Waals surface area contributed by atoms with E-state index in [0.717, 1.165) is 25.4 Å². The maximum absolute atomic E-state index is 4.52. The molecule has 1 N–H and O–H groups in total. The van der Waals surface area contributed by atoms with Gasteiger partial charge in [0.15, 0.2) is 0 Å². The van der Waals surface area contributed by atoms with Gasteiger partial charge in [-0.15, -0.1) is 0 Å². The Hall–Kier alpha value is -0.480. The van der Waals surface area contributed by atoms with E-state index in [1.54, 1.807) is 0 Å². The zero-order valence-electron chi connectivity index (χ0n) is 12.3.